The molecule has 2 heteroatoms. The van der Waals surface area contributed by atoms with Crippen molar-refractivity contribution in [2.24, 2.45) is 0 Å². The molecule has 0 saturated heterocycles. The summed E-state index contributed by atoms with van der Waals surface area (Å²) in [6.07, 6.45) is 0. The first-order valence-corrected chi connectivity index (χ1v) is 4.66. The van der Waals surface area contributed by atoms with E-state index in [9.17, 15) is 0 Å². The number of hydrogen-bond acceptors (Lipinski definition) is 1. The van der Waals surface area contributed by atoms with Gasteiger partial charge in [0.25, 0.3) is 0 Å². The van der Waals surface area contributed by atoms with Gasteiger partial charge in [-0.2, -0.15) is 0 Å². The van der Waals surface area contributed by atoms with Crippen LogP contribution in [0.3, 0.4) is 0 Å². The van der Waals surface area contributed by atoms with Gasteiger partial charge >= 0.3 is 0 Å². The van der Waals surface area contributed by atoms with Crippen molar-refractivity contribution in [3.8, 4) is 0 Å². The van der Waals surface area contributed by atoms with Gasteiger partial charge in [0.1, 0.15) is 0 Å². The quantitative estimate of drug-likeness (QED) is 0.693. The average molecular weight is 194 g/mol. The highest BCUT2D eigenvalue weighted by molar-refractivity contribution is 7.80. The fourth-order valence-corrected chi connectivity index (χ4v) is 1.25. The van der Waals surface area contributed by atoms with Crippen molar-refractivity contribution in [3.05, 3.63) is 35.4 Å². The maximum absolute atomic E-state index is 9.05. The molecule has 0 radical (unpaired) electrons. The van der Waals surface area contributed by atoms with Crippen molar-refractivity contribution in [1.29, 1.82) is 0 Å². The Morgan fingerprint density at radius 1 is 1.15 bits per heavy atom. The van der Waals surface area contributed by atoms with E-state index in [-0.39, 0.29) is 10.5 Å². The van der Waals surface area contributed by atoms with Crippen LogP contribution in [0.15, 0.2) is 24.3 Å². The second kappa shape index (κ2) is 3.46. The van der Waals surface area contributed by atoms with E-state index in [0.717, 1.165) is 0 Å². The van der Waals surface area contributed by atoms with Crippen molar-refractivity contribution in [2.45, 2.75) is 26.2 Å². The molecule has 0 amide bonds. The minimum atomic E-state index is -0.0412. The number of thiocarbonyl (C=S) groups is 1. The van der Waals surface area contributed by atoms with Gasteiger partial charge in [0.15, 0.2) is 5.05 Å². The Morgan fingerprint density at radius 2 is 1.62 bits per heavy atom. The monoisotopic (exact) mass is 194 g/mol. The highest BCUT2D eigenvalue weighted by Gasteiger charge is 2.12. The second-order valence-electron chi connectivity index (χ2n) is 4.13. The van der Waals surface area contributed by atoms with Gasteiger partial charge in [-0.1, -0.05) is 45.0 Å². The van der Waals surface area contributed by atoms with Crippen LogP contribution in [0, 0.1) is 0 Å². The van der Waals surface area contributed by atoms with Crippen molar-refractivity contribution >= 4 is 17.3 Å². The van der Waals surface area contributed by atoms with Crippen molar-refractivity contribution < 1.29 is 5.11 Å². The van der Waals surface area contributed by atoms with Gasteiger partial charge in [-0.15, -0.1) is 0 Å². The normalized spacial score (nSPS) is 11.3. The molecule has 0 heterocycles. The summed E-state index contributed by atoms with van der Waals surface area (Å²) in [6, 6.07) is 7.70. The summed E-state index contributed by atoms with van der Waals surface area (Å²) in [5.74, 6) is 0. The first-order valence-electron chi connectivity index (χ1n) is 4.25. The summed E-state index contributed by atoms with van der Waals surface area (Å²) in [7, 11) is 0. The summed E-state index contributed by atoms with van der Waals surface area (Å²) in [6.45, 7) is 6.46. The maximum atomic E-state index is 9.05. The van der Waals surface area contributed by atoms with Crippen LogP contribution in [0.4, 0.5) is 0 Å². The Labute approximate surface area is 84.4 Å². The molecular weight excluding hydrogens is 180 g/mol. The van der Waals surface area contributed by atoms with Gasteiger partial charge in [0.05, 0.1) is 0 Å². The predicted molar refractivity (Wildman–Crippen MR) is 59.5 cm³/mol. The molecule has 0 aliphatic carbocycles. The van der Waals surface area contributed by atoms with E-state index >= 15 is 0 Å². The van der Waals surface area contributed by atoms with E-state index in [1.807, 2.05) is 24.3 Å². The standard InChI is InChI=1S/C11H14OS/c1-11(2,3)9-6-4-8(5-7-9)10(12)13/h4-7H,1-3H3,(H,12,13). The van der Waals surface area contributed by atoms with Crippen LogP contribution >= 0.6 is 12.2 Å². The van der Waals surface area contributed by atoms with Crippen LogP contribution in [-0.2, 0) is 5.41 Å². The number of rotatable bonds is 1. The lowest BCUT2D eigenvalue weighted by atomic mass is 9.87. The Kier molecular flexibility index (Phi) is 2.71. The summed E-state index contributed by atoms with van der Waals surface area (Å²) < 4.78 is 0. The fraction of sp³-hybridized carbons (Fsp3) is 0.364. The molecule has 0 aliphatic heterocycles. The Hall–Kier alpha value is -0.890. The van der Waals surface area contributed by atoms with Gasteiger partial charge in [-0.25, -0.2) is 0 Å². The molecule has 1 rings (SSSR count). The Bertz CT molecular complexity index is 306. The topological polar surface area (TPSA) is 20.2 Å². The third kappa shape index (κ3) is 2.52. The minimum absolute atomic E-state index is 0.0412. The molecule has 70 valence electrons. The van der Waals surface area contributed by atoms with Crippen LogP contribution in [0.2, 0.25) is 0 Å². The highest BCUT2D eigenvalue weighted by atomic mass is 32.1. The number of benzene rings is 1. The lowest BCUT2D eigenvalue weighted by Crippen LogP contribution is -2.11. The lowest BCUT2D eigenvalue weighted by Gasteiger charge is -2.18. The van der Waals surface area contributed by atoms with E-state index in [1.165, 1.54) is 5.56 Å². The van der Waals surface area contributed by atoms with Crippen LogP contribution in [0.1, 0.15) is 31.9 Å². The minimum Gasteiger partial charge on any atom is -0.499 e. The van der Waals surface area contributed by atoms with E-state index in [1.54, 1.807) is 0 Å². The summed E-state index contributed by atoms with van der Waals surface area (Å²) in [5, 5.41) is 9.01. The molecule has 0 aromatic heterocycles. The third-order valence-corrected chi connectivity index (χ3v) is 2.23. The van der Waals surface area contributed by atoms with Crippen LogP contribution in [0.25, 0.3) is 0 Å². The zero-order valence-corrected chi connectivity index (χ0v) is 8.98. The lowest BCUT2D eigenvalue weighted by molar-refractivity contribution is 0.570. The molecule has 1 nitrogen and oxygen atoms in total. The van der Waals surface area contributed by atoms with Crippen LogP contribution in [0.5, 0.6) is 0 Å². The molecule has 1 N–H and O–H groups in total. The highest BCUT2D eigenvalue weighted by Crippen LogP contribution is 2.22. The third-order valence-electron chi connectivity index (χ3n) is 2.00. The fourth-order valence-electron chi connectivity index (χ4n) is 1.11. The smallest absolute Gasteiger partial charge is 0.188 e. The Morgan fingerprint density at radius 3 is 1.92 bits per heavy atom. The first kappa shape index (κ1) is 10.2. The average Bonchev–Trinajstić information content (AvgIpc) is 2.03. The van der Waals surface area contributed by atoms with Gasteiger partial charge < -0.3 is 5.11 Å². The zero-order chi connectivity index (χ0) is 10.1. The summed E-state index contributed by atoms with van der Waals surface area (Å²) >= 11 is 4.65. The van der Waals surface area contributed by atoms with E-state index < -0.39 is 0 Å². The molecule has 0 atom stereocenters. The van der Waals surface area contributed by atoms with Crippen molar-refractivity contribution in [3.63, 3.8) is 0 Å². The summed E-state index contributed by atoms with van der Waals surface area (Å²) in [4.78, 5) is 0. The molecule has 1 aromatic carbocycles. The van der Waals surface area contributed by atoms with Crippen molar-refractivity contribution in [2.75, 3.05) is 0 Å². The predicted octanol–water partition coefficient (Wildman–Crippen LogP) is 3.22. The van der Waals surface area contributed by atoms with E-state index in [2.05, 4.69) is 33.0 Å². The van der Waals surface area contributed by atoms with E-state index in [4.69, 9.17) is 5.11 Å². The number of aliphatic hydroxyl groups excluding tert-OH is 1. The molecule has 0 fully saturated rings. The molecule has 0 aliphatic rings. The molecule has 0 spiro atoms. The molecule has 0 bridgehead atoms. The Balaban J connectivity index is 3.01. The first-order chi connectivity index (χ1) is 5.91. The van der Waals surface area contributed by atoms with Gasteiger partial charge in [-0.3, -0.25) is 0 Å². The van der Waals surface area contributed by atoms with Crippen molar-refractivity contribution in [1.82, 2.24) is 0 Å². The van der Waals surface area contributed by atoms with Crippen LogP contribution in [-0.4, -0.2) is 10.2 Å². The molecule has 0 saturated carbocycles. The SMILES string of the molecule is CC(C)(C)c1ccc(C(O)=S)cc1. The van der Waals surface area contributed by atoms with Crippen LogP contribution < -0.4 is 0 Å². The summed E-state index contributed by atoms with van der Waals surface area (Å²) in [5.41, 5.74) is 2.10. The largest absolute Gasteiger partial charge is 0.499 e. The molecular formula is C11H14OS. The molecule has 1 aromatic rings. The molecule has 13 heavy (non-hydrogen) atoms. The maximum Gasteiger partial charge on any atom is 0.188 e. The molecule has 0 unspecified atom stereocenters. The van der Waals surface area contributed by atoms with E-state index in [0.29, 0.717) is 5.56 Å². The van der Waals surface area contributed by atoms with Gasteiger partial charge in [0, 0.05) is 5.56 Å². The van der Waals surface area contributed by atoms with Gasteiger partial charge in [-0.05, 0) is 23.2 Å². The number of aliphatic hydroxyl groups is 1. The zero-order valence-electron chi connectivity index (χ0n) is 8.16. The second-order valence-corrected chi connectivity index (χ2v) is 4.52. The number of hydrogen-bond donors (Lipinski definition) is 1. The van der Waals surface area contributed by atoms with Gasteiger partial charge in [0.2, 0.25) is 0 Å².